The Balaban J connectivity index is 0. The maximum absolute atomic E-state index is 13.1. The van der Waals surface area contributed by atoms with Crippen LogP contribution < -0.4 is 54.4 Å². The molecule has 6 atom stereocenters. The van der Waals surface area contributed by atoms with E-state index in [0.29, 0.717) is 18.9 Å². The molecule has 27 heteroatoms. The SMILES string of the molecule is CC(=O)N[C@H](C(=O)N[C@@H](CCCNC(N)=O)C(=O)N[C@@H](CCC(=O)C=[N+]=[N-])C(=O)OC(C)C)C(C)C.CC(C)OC(=O)[C@H](CCC(=O)C=[N+]=[N-])NC(=O)[C@H](CCCNC(N)=O)NC(=O)[C@@H](N)C(C)C. The number of ether oxygens (including phenoxy) is 2. The standard InChI is InChI=1S/C22H37N7O7.C20H35N7O6/c1-12(2)18(27-14(5)30)20(33)28-16(7-6-10-25-22(23)35)19(32)29-17(21(34)36-13(3)4)9-8-15(31)11-26-24;1-11(2)16(21)18(30)26-14(6-5-9-24-20(22)32)17(29)27-15(19(31)33-12(3)4)8-7-13(28)10-25-23/h11-13,16-18H,6-10H2,1-5H3,(H,27,30)(H,28,33)(H,29,32)(H3,23,25,35);10-12,14-16H,5-9,21H2,1-4H3,(H,26,30)(H,27,29)(H3,22,24,32)/t16-,17-,18-;14-,15-,16-/m00/s1. The zero-order valence-corrected chi connectivity index (χ0v) is 40.8. The van der Waals surface area contributed by atoms with Crippen molar-refractivity contribution in [2.75, 3.05) is 13.1 Å². The van der Waals surface area contributed by atoms with Gasteiger partial charge in [-0.3, -0.25) is 33.6 Å². The van der Waals surface area contributed by atoms with Crippen molar-refractivity contribution in [3.8, 4) is 0 Å². The summed E-state index contributed by atoms with van der Waals surface area (Å²) < 4.78 is 10.3. The van der Waals surface area contributed by atoms with Crippen molar-refractivity contribution < 1.29 is 71.8 Å². The summed E-state index contributed by atoms with van der Waals surface area (Å²) in [5, 5.41) is 17.4. The molecule has 69 heavy (non-hydrogen) atoms. The van der Waals surface area contributed by atoms with Crippen LogP contribution in [0.3, 0.4) is 0 Å². The number of nitrogens with one attached hydrogen (secondary N) is 7. The van der Waals surface area contributed by atoms with Crippen molar-refractivity contribution in [2.24, 2.45) is 29.0 Å². The molecule has 27 nitrogen and oxygen atoms in total. The van der Waals surface area contributed by atoms with Crippen molar-refractivity contribution in [2.45, 2.75) is 162 Å². The molecule has 0 unspecified atom stereocenters. The number of hydrogen-bond acceptors (Lipinski definition) is 14. The molecule has 0 heterocycles. The van der Waals surface area contributed by atoms with E-state index in [0.717, 1.165) is 0 Å². The third-order valence-electron chi connectivity index (χ3n) is 9.20. The highest BCUT2D eigenvalue weighted by Crippen LogP contribution is 2.10. The Bertz CT molecular complexity index is 1860. The molecule has 13 N–H and O–H groups in total. The van der Waals surface area contributed by atoms with Crippen molar-refractivity contribution in [1.29, 1.82) is 0 Å². The molecule has 0 aromatic rings. The topological polar surface area (TPSA) is 441 Å². The lowest BCUT2D eigenvalue weighted by molar-refractivity contribution is -0.152. The van der Waals surface area contributed by atoms with Gasteiger partial charge in [0.05, 0.1) is 18.2 Å². The fourth-order valence-corrected chi connectivity index (χ4v) is 5.66. The van der Waals surface area contributed by atoms with Gasteiger partial charge in [0.2, 0.25) is 41.1 Å². The van der Waals surface area contributed by atoms with Gasteiger partial charge in [-0.2, -0.15) is 9.58 Å². The van der Waals surface area contributed by atoms with Gasteiger partial charge in [0.25, 0.3) is 0 Å². The maximum atomic E-state index is 13.1. The molecule has 0 aliphatic rings. The number of Topliss-reactive ketones (excluding diaryl/α,β-unsaturated/α-hetero) is 2. The van der Waals surface area contributed by atoms with Crippen molar-refractivity contribution in [3.63, 3.8) is 0 Å². The third kappa shape index (κ3) is 30.7. The number of hydrogen-bond donors (Lipinski definition) is 10. The smallest absolute Gasteiger partial charge is 0.328 e. The maximum Gasteiger partial charge on any atom is 0.328 e. The van der Waals surface area contributed by atoms with E-state index in [1.807, 2.05) is 0 Å². The van der Waals surface area contributed by atoms with Gasteiger partial charge in [-0.15, -0.1) is 0 Å². The van der Waals surface area contributed by atoms with Crippen LogP contribution in [0, 0.1) is 11.8 Å². The third-order valence-corrected chi connectivity index (χ3v) is 9.20. The van der Waals surface area contributed by atoms with Crippen LogP contribution in [-0.4, -0.2) is 149 Å². The Labute approximate surface area is 401 Å². The van der Waals surface area contributed by atoms with Crippen LogP contribution in [-0.2, 0) is 52.6 Å². The van der Waals surface area contributed by atoms with Crippen molar-refractivity contribution in [1.82, 2.24) is 37.2 Å². The van der Waals surface area contributed by atoms with E-state index in [1.165, 1.54) is 6.92 Å². The molecule has 0 saturated heterocycles. The second kappa shape index (κ2) is 35.1. The molecule has 0 saturated carbocycles. The average molecular weight is 981 g/mol. The molecule has 0 aliphatic carbocycles. The number of amides is 9. The second-order valence-corrected chi connectivity index (χ2v) is 16.8. The van der Waals surface area contributed by atoms with Crippen LogP contribution in [0.2, 0.25) is 0 Å². The van der Waals surface area contributed by atoms with Crippen LogP contribution in [0.25, 0.3) is 11.1 Å². The van der Waals surface area contributed by atoms with E-state index in [-0.39, 0.29) is 69.9 Å². The molecule has 0 radical (unpaired) electrons. The Morgan fingerprint density at radius 2 is 0.884 bits per heavy atom. The molecule has 0 rings (SSSR count). The van der Waals surface area contributed by atoms with E-state index >= 15 is 0 Å². The Morgan fingerprint density at radius 3 is 1.19 bits per heavy atom. The first-order valence-corrected chi connectivity index (χ1v) is 22.3. The summed E-state index contributed by atoms with van der Waals surface area (Å²) in [4.78, 5) is 138. The van der Waals surface area contributed by atoms with Crippen molar-refractivity contribution in [3.05, 3.63) is 11.1 Å². The predicted molar refractivity (Wildman–Crippen MR) is 247 cm³/mol. The first-order valence-electron chi connectivity index (χ1n) is 22.3. The second-order valence-electron chi connectivity index (χ2n) is 16.8. The normalized spacial score (nSPS) is 13.1. The minimum Gasteiger partial charge on any atom is -0.461 e. The molecule has 0 fully saturated rings. The van der Waals surface area contributed by atoms with Gasteiger partial charge in [0.15, 0.2) is 0 Å². The number of primary amides is 2. The molecular formula is C42H72N14O13. The fourth-order valence-electron chi connectivity index (χ4n) is 5.66. The Hall–Kier alpha value is -7.11. The minimum atomic E-state index is -1.23. The highest BCUT2D eigenvalue weighted by atomic mass is 16.5. The summed E-state index contributed by atoms with van der Waals surface area (Å²) >= 11 is 0. The Kier molecular flexibility index (Phi) is 32.5. The van der Waals surface area contributed by atoms with E-state index in [4.69, 9.17) is 37.7 Å². The molecule has 0 bridgehead atoms. The number of urea groups is 2. The lowest BCUT2D eigenvalue weighted by atomic mass is 10.0. The monoisotopic (exact) mass is 981 g/mol. The number of esters is 2. The highest BCUT2D eigenvalue weighted by Gasteiger charge is 2.33. The molecular weight excluding hydrogens is 909 g/mol. The molecule has 388 valence electrons. The number of rotatable bonds is 31. The number of ketones is 2. The van der Waals surface area contributed by atoms with Gasteiger partial charge in [-0.25, -0.2) is 19.2 Å². The van der Waals surface area contributed by atoms with Crippen LogP contribution >= 0.6 is 0 Å². The Morgan fingerprint density at radius 1 is 0.522 bits per heavy atom. The molecule has 0 spiro atoms. The number of carbonyl (C=O) groups is 11. The lowest BCUT2D eigenvalue weighted by Gasteiger charge is -2.26. The first kappa shape index (κ1) is 64.0. The number of nitrogens with two attached hydrogens (primary N) is 3. The summed E-state index contributed by atoms with van der Waals surface area (Å²) in [5.74, 6) is -6.16. The summed E-state index contributed by atoms with van der Waals surface area (Å²) in [5.41, 5.74) is 32.9. The molecule has 0 aromatic carbocycles. The fraction of sp³-hybridized carbons (Fsp3) is 0.690. The minimum absolute atomic E-state index is 0.0603. The van der Waals surface area contributed by atoms with E-state index in [2.05, 4.69) is 46.8 Å². The van der Waals surface area contributed by atoms with E-state index in [1.54, 1.807) is 55.4 Å². The lowest BCUT2D eigenvalue weighted by Crippen LogP contribution is -2.57. The van der Waals surface area contributed by atoms with Gasteiger partial charge in [0, 0.05) is 32.9 Å². The molecule has 0 aliphatic heterocycles. The zero-order chi connectivity index (χ0) is 53.4. The first-order chi connectivity index (χ1) is 32.2. The number of nitrogens with zero attached hydrogens (tertiary/aromatic N) is 4. The largest absolute Gasteiger partial charge is 0.461 e. The van der Waals surface area contributed by atoms with Gasteiger partial charge < -0.3 is 75.0 Å². The van der Waals surface area contributed by atoms with Crippen LogP contribution in [0.5, 0.6) is 0 Å². The van der Waals surface area contributed by atoms with Crippen LogP contribution in [0.4, 0.5) is 9.59 Å². The summed E-state index contributed by atoms with van der Waals surface area (Å²) in [6.45, 7) is 15.0. The molecule has 9 amide bonds. The van der Waals surface area contributed by atoms with Crippen LogP contribution in [0.1, 0.15) is 114 Å². The van der Waals surface area contributed by atoms with E-state index < -0.39 is 114 Å². The highest BCUT2D eigenvalue weighted by molar-refractivity contribution is 6.25. The van der Waals surface area contributed by atoms with Gasteiger partial charge in [0.1, 0.15) is 30.2 Å². The predicted octanol–water partition coefficient (Wildman–Crippen LogP) is -1.84. The summed E-state index contributed by atoms with van der Waals surface area (Å²) in [7, 11) is 0. The number of carbonyl (C=O) groups excluding carboxylic acids is 11. The van der Waals surface area contributed by atoms with Gasteiger partial charge in [-0.05, 0) is 78.1 Å². The zero-order valence-electron chi connectivity index (χ0n) is 40.8. The van der Waals surface area contributed by atoms with Gasteiger partial charge in [-0.1, -0.05) is 27.7 Å². The summed E-state index contributed by atoms with van der Waals surface area (Å²) in [6, 6.07) is -7.88. The van der Waals surface area contributed by atoms with E-state index in [9.17, 15) is 52.7 Å². The quantitative estimate of drug-likeness (QED) is 0.0120. The van der Waals surface area contributed by atoms with Crippen LogP contribution in [0.15, 0.2) is 0 Å². The summed E-state index contributed by atoms with van der Waals surface area (Å²) in [6.07, 6.45) is 0.451. The van der Waals surface area contributed by atoms with Crippen molar-refractivity contribution >= 4 is 77.5 Å². The molecule has 0 aromatic heterocycles. The average Bonchev–Trinajstić information content (AvgIpc) is 3.23. The van der Waals surface area contributed by atoms with Gasteiger partial charge >= 0.3 is 36.4 Å².